The molecule has 0 fully saturated rings. The third-order valence-electron chi connectivity index (χ3n) is 4.79. The third-order valence-corrected chi connectivity index (χ3v) is 4.79. The van der Waals surface area contributed by atoms with Crippen LogP contribution in [0.2, 0.25) is 0 Å². The van der Waals surface area contributed by atoms with Gasteiger partial charge >= 0.3 is 0 Å². The van der Waals surface area contributed by atoms with Crippen LogP contribution in [-0.2, 0) is 17.6 Å². The van der Waals surface area contributed by atoms with E-state index in [-0.39, 0.29) is 12.5 Å². The van der Waals surface area contributed by atoms with Crippen molar-refractivity contribution in [2.75, 3.05) is 20.3 Å². The molecular weight excluding hydrogens is 404 g/mol. The first-order valence-corrected chi connectivity index (χ1v) is 10.6. The van der Waals surface area contributed by atoms with E-state index in [0.717, 1.165) is 24.0 Å². The van der Waals surface area contributed by atoms with Gasteiger partial charge in [-0.25, -0.2) is 5.43 Å². The monoisotopic (exact) mass is 432 g/mol. The quantitative estimate of drug-likeness (QED) is 0.360. The maximum Gasteiger partial charge on any atom is 0.277 e. The molecule has 0 radical (unpaired) electrons. The molecule has 166 valence electrons. The lowest BCUT2D eigenvalue weighted by Gasteiger charge is -2.11. The van der Waals surface area contributed by atoms with Gasteiger partial charge in [-0.1, -0.05) is 55.5 Å². The van der Waals surface area contributed by atoms with E-state index in [1.807, 2.05) is 67.6 Å². The van der Waals surface area contributed by atoms with Gasteiger partial charge in [-0.05, 0) is 47.4 Å². The van der Waals surface area contributed by atoms with E-state index in [1.54, 1.807) is 13.3 Å². The van der Waals surface area contributed by atoms with E-state index in [2.05, 4.69) is 22.7 Å². The van der Waals surface area contributed by atoms with Gasteiger partial charge in [0.15, 0.2) is 18.1 Å². The van der Waals surface area contributed by atoms with Crippen molar-refractivity contribution in [3.63, 3.8) is 0 Å². The molecule has 1 N–H and O–H groups in total. The number of benzene rings is 3. The van der Waals surface area contributed by atoms with Crippen LogP contribution in [0.4, 0.5) is 0 Å². The van der Waals surface area contributed by atoms with Crippen molar-refractivity contribution < 1.29 is 19.0 Å². The molecule has 3 rings (SSSR count). The zero-order valence-electron chi connectivity index (χ0n) is 18.4. The summed E-state index contributed by atoms with van der Waals surface area (Å²) in [5.74, 6) is 1.64. The summed E-state index contributed by atoms with van der Waals surface area (Å²) < 4.78 is 16.9. The minimum absolute atomic E-state index is 0.105. The molecule has 0 aromatic heterocycles. The van der Waals surface area contributed by atoms with Gasteiger partial charge in [-0.3, -0.25) is 4.79 Å². The number of para-hydroxylation sites is 1. The summed E-state index contributed by atoms with van der Waals surface area (Å²) in [7, 11) is 1.59. The van der Waals surface area contributed by atoms with Crippen LogP contribution in [0.1, 0.15) is 23.6 Å². The Morgan fingerprint density at radius 3 is 2.50 bits per heavy atom. The van der Waals surface area contributed by atoms with E-state index in [4.69, 9.17) is 14.2 Å². The highest BCUT2D eigenvalue weighted by Gasteiger charge is 2.07. The first-order chi connectivity index (χ1) is 15.7. The van der Waals surface area contributed by atoms with Gasteiger partial charge in [0, 0.05) is 6.42 Å². The number of rotatable bonds is 11. The summed E-state index contributed by atoms with van der Waals surface area (Å²) in [5.41, 5.74) is 5.52. The SMILES string of the molecule is CCc1ccccc1OCC(=O)N/N=C/c1ccc(OCCc2ccccc2)c(OC)c1. The molecule has 0 saturated carbocycles. The second kappa shape index (κ2) is 12.2. The topological polar surface area (TPSA) is 69.2 Å². The van der Waals surface area contributed by atoms with E-state index in [9.17, 15) is 4.79 Å². The summed E-state index contributed by atoms with van der Waals surface area (Å²) in [5, 5.41) is 4.00. The summed E-state index contributed by atoms with van der Waals surface area (Å²) in [4.78, 5) is 12.0. The number of hydrazone groups is 1. The highest BCUT2D eigenvalue weighted by atomic mass is 16.5. The van der Waals surface area contributed by atoms with Crippen molar-refractivity contribution in [2.24, 2.45) is 5.10 Å². The number of hydrogen-bond acceptors (Lipinski definition) is 5. The third kappa shape index (κ3) is 6.87. The average molecular weight is 433 g/mol. The Kier molecular flexibility index (Phi) is 8.69. The van der Waals surface area contributed by atoms with Crippen LogP contribution in [0, 0.1) is 0 Å². The smallest absolute Gasteiger partial charge is 0.277 e. The number of ether oxygens (including phenoxy) is 3. The van der Waals surface area contributed by atoms with E-state index < -0.39 is 0 Å². The van der Waals surface area contributed by atoms with Crippen LogP contribution in [0.25, 0.3) is 0 Å². The highest BCUT2D eigenvalue weighted by Crippen LogP contribution is 2.27. The summed E-state index contributed by atoms with van der Waals surface area (Å²) in [6.45, 7) is 2.48. The predicted octanol–water partition coefficient (Wildman–Crippen LogP) is 4.41. The molecule has 0 bridgehead atoms. The van der Waals surface area contributed by atoms with Crippen LogP contribution in [0.15, 0.2) is 77.9 Å². The number of carbonyl (C=O) groups excluding carboxylic acids is 1. The fourth-order valence-corrected chi connectivity index (χ4v) is 3.10. The zero-order chi connectivity index (χ0) is 22.6. The number of hydrogen-bond donors (Lipinski definition) is 1. The normalized spacial score (nSPS) is 10.7. The molecule has 3 aromatic carbocycles. The van der Waals surface area contributed by atoms with E-state index in [0.29, 0.717) is 23.9 Å². The Labute approximate surface area is 188 Å². The number of amides is 1. The van der Waals surface area contributed by atoms with Crippen molar-refractivity contribution in [2.45, 2.75) is 19.8 Å². The number of nitrogens with one attached hydrogen (secondary N) is 1. The molecule has 0 atom stereocenters. The molecule has 6 heteroatoms. The highest BCUT2D eigenvalue weighted by molar-refractivity contribution is 5.83. The van der Waals surface area contributed by atoms with Gasteiger partial charge < -0.3 is 14.2 Å². The second-order valence-corrected chi connectivity index (χ2v) is 7.04. The fraction of sp³-hybridized carbons (Fsp3) is 0.231. The summed E-state index contributed by atoms with van der Waals surface area (Å²) in [6, 6.07) is 23.3. The largest absolute Gasteiger partial charge is 0.493 e. The summed E-state index contributed by atoms with van der Waals surface area (Å²) in [6.07, 6.45) is 3.20. The second-order valence-electron chi connectivity index (χ2n) is 7.04. The maximum atomic E-state index is 12.0. The molecule has 0 saturated heterocycles. The zero-order valence-corrected chi connectivity index (χ0v) is 18.4. The lowest BCUT2D eigenvalue weighted by Crippen LogP contribution is -2.24. The van der Waals surface area contributed by atoms with E-state index in [1.165, 1.54) is 5.56 Å². The predicted molar refractivity (Wildman–Crippen MR) is 126 cm³/mol. The maximum absolute atomic E-state index is 12.0. The molecule has 0 aliphatic rings. The lowest BCUT2D eigenvalue weighted by molar-refractivity contribution is -0.123. The van der Waals surface area contributed by atoms with Crippen molar-refractivity contribution in [3.05, 3.63) is 89.5 Å². The van der Waals surface area contributed by atoms with Gasteiger partial charge in [0.05, 0.1) is 19.9 Å². The van der Waals surface area contributed by atoms with Crippen molar-refractivity contribution >= 4 is 12.1 Å². The van der Waals surface area contributed by atoms with Crippen molar-refractivity contribution in [1.82, 2.24) is 5.43 Å². The molecular formula is C26H28N2O4. The van der Waals surface area contributed by atoms with Crippen LogP contribution >= 0.6 is 0 Å². The Morgan fingerprint density at radius 1 is 0.938 bits per heavy atom. The fourth-order valence-electron chi connectivity index (χ4n) is 3.10. The minimum atomic E-state index is -0.333. The van der Waals surface area contributed by atoms with Crippen LogP contribution in [-0.4, -0.2) is 32.4 Å². The molecule has 3 aromatic rings. The Balaban J connectivity index is 1.49. The van der Waals surface area contributed by atoms with Gasteiger partial charge in [0.1, 0.15) is 5.75 Å². The summed E-state index contributed by atoms with van der Waals surface area (Å²) >= 11 is 0. The first-order valence-electron chi connectivity index (χ1n) is 10.6. The molecule has 0 heterocycles. The Hall–Kier alpha value is -3.80. The van der Waals surface area contributed by atoms with E-state index >= 15 is 0 Å². The molecule has 6 nitrogen and oxygen atoms in total. The number of carbonyl (C=O) groups is 1. The Bertz CT molecular complexity index is 1040. The molecule has 1 amide bonds. The standard InChI is InChI=1S/C26H28N2O4/c1-3-22-11-7-8-12-23(22)32-19-26(29)28-27-18-21-13-14-24(25(17-21)30-2)31-16-15-20-9-5-4-6-10-20/h4-14,17-18H,3,15-16,19H2,1-2H3,(H,28,29)/b27-18+. The van der Waals surface area contributed by atoms with Crippen LogP contribution < -0.4 is 19.6 Å². The van der Waals surface area contributed by atoms with Crippen LogP contribution in [0.5, 0.6) is 17.2 Å². The van der Waals surface area contributed by atoms with Gasteiger partial charge in [0.25, 0.3) is 5.91 Å². The molecule has 0 spiro atoms. The van der Waals surface area contributed by atoms with Gasteiger partial charge in [-0.15, -0.1) is 0 Å². The average Bonchev–Trinajstić information content (AvgIpc) is 2.84. The lowest BCUT2D eigenvalue weighted by atomic mass is 10.1. The molecule has 0 aliphatic carbocycles. The number of aryl methyl sites for hydroxylation is 1. The van der Waals surface area contributed by atoms with Crippen LogP contribution in [0.3, 0.4) is 0 Å². The van der Waals surface area contributed by atoms with Gasteiger partial charge in [0.2, 0.25) is 0 Å². The minimum Gasteiger partial charge on any atom is -0.493 e. The van der Waals surface area contributed by atoms with Gasteiger partial charge in [-0.2, -0.15) is 5.10 Å². The van der Waals surface area contributed by atoms with Crippen molar-refractivity contribution in [3.8, 4) is 17.2 Å². The number of nitrogens with zero attached hydrogens (tertiary/aromatic N) is 1. The molecule has 32 heavy (non-hydrogen) atoms. The van der Waals surface area contributed by atoms with Crippen molar-refractivity contribution in [1.29, 1.82) is 0 Å². The molecule has 0 unspecified atom stereocenters. The first kappa shape index (κ1) is 22.9. The Morgan fingerprint density at radius 2 is 1.72 bits per heavy atom. The number of methoxy groups -OCH3 is 1. The molecule has 0 aliphatic heterocycles.